The van der Waals surface area contributed by atoms with Crippen LogP contribution in [0.2, 0.25) is 0 Å². The zero-order valence-electron chi connectivity index (χ0n) is 16.3. The van der Waals surface area contributed by atoms with Gasteiger partial charge in [0, 0.05) is 19.0 Å². The van der Waals surface area contributed by atoms with E-state index in [1.54, 1.807) is 0 Å². The van der Waals surface area contributed by atoms with Gasteiger partial charge in [0.2, 0.25) is 5.91 Å². The predicted octanol–water partition coefficient (Wildman–Crippen LogP) is 3.59. The van der Waals surface area contributed by atoms with Crippen LogP contribution in [0.1, 0.15) is 36.8 Å². The molecule has 1 aliphatic rings. The van der Waals surface area contributed by atoms with Crippen molar-refractivity contribution in [1.29, 1.82) is 0 Å². The second-order valence-corrected chi connectivity index (χ2v) is 7.80. The SMILES string of the molecule is O=C(O)C1CCCC(C(=O)NCc2cccc(Cn3cnc4ccccc43)c2)C1. The standard InChI is InChI=1S/C23H25N3O3/c27-22(18-7-4-8-19(12-18)23(28)29)24-13-16-5-3-6-17(11-16)14-26-15-25-20-9-1-2-10-21(20)26/h1-3,5-6,9-11,15,18-19H,4,7-8,12-14H2,(H,24,27)(H,28,29). The number of carboxylic acid groups (broad SMARTS) is 1. The smallest absolute Gasteiger partial charge is 0.306 e. The molecule has 0 saturated heterocycles. The first-order chi connectivity index (χ1) is 14.1. The van der Waals surface area contributed by atoms with Gasteiger partial charge in [0.15, 0.2) is 0 Å². The van der Waals surface area contributed by atoms with Crippen molar-refractivity contribution < 1.29 is 14.7 Å². The summed E-state index contributed by atoms with van der Waals surface area (Å²) in [6.07, 6.45) is 4.52. The van der Waals surface area contributed by atoms with E-state index in [9.17, 15) is 14.7 Å². The maximum absolute atomic E-state index is 12.5. The van der Waals surface area contributed by atoms with Crippen molar-refractivity contribution in [3.8, 4) is 0 Å². The lowest BCUT2D eigenvalue weighted by molar-refractivity contribution is -0.144. The van der Waals surface area contributed by atoms with Gasteiger partial charge in [0.1, 0.15) is 0 Å². The molecule has 6 heteroatoms. The predicted molar refractivity (Wildman–Crippen MR) is 110 cm³/mol. The summed E-state index contributed by atoms with van der Waals surface area (Å²) in [4.78, 5) is 28.2. The minimum atomic E-state index is -0.790. The minimum absolute atomic E-state index is 0.0399. The number of imidazole rings is 1. The van der Waals surface area contributed by atoms with Crippen molar-refractivity contribution in [3.63, 3.8) is 0 Å². The zero-order chi connectivity index (χ0) is 20.2. The number of aromatic nitrogens is 2. The fourth-order valence-corrected chi connectivity index (χ4v) is 4.16. The number of amides is 1. The van der Waals surface area contributed by atoms with Gasteiger partial charge in [-0.2, -0.15) is 0 Å². The molecule has 1 amide bonds. The Bertz CT molecular complexity index is 1030. The molecule has 2 atom stereocenters. The summed E-state index contributed by atoms with van der Waals surface area (Å²) in [5.41, 5.74) is 4.24. The number of carbonyl (C=O) groups is 2. The van der Waals surface area contributed by atoms with E-state index in [-0.39, 0.29) is 11.8 Å². The average Bonchev–Trinajstić information content (AvgIpc) is 3.15. The second kappa shape index (κ2) is 8.47. The molecule has 2 unspecified atom stereocenters. The number of aliphatic carboxylic acids is 1. The van der Waals surface area contributed by atoms with Crippen molar-refractivity contribution in [2.45, 2.75) is 38.8 Å². The van der Waals surface area contributed by atoms with E-state index in [0.29, 0.717) is 25.9 Å². The van der Waals surface area contributed by atoms with Crippen LogP contribution >= 0.6 is 0 Å². The molecule has 2 N–H and O–H groups in total. The molecule has 1 heterocycles. The van der Waals surface area contributed by atoms with Crippen LogP contribution in [0.3, 0.4) is 0 Å². The maximum Gasteiger partial charge on any atom is 0.306 e. The molecule has 1 aliphatic carbocycles. The third-order valence-electron chi connectivity index (χ3n) is 5.73. The van der Waals surface area contributed by atoms with Crippen molar-refractivity contribution in [2.75, 3.05) is 0 Å². The van der Waals surface area contributed by atoms with Gasteiger partial charge in [0.05, 0.1) is 23.3 Å². The Morgan fingerprint density at radius 2 is 1.86 bits per heavy atom. The van der Waals surface area contributed by atoms with Gasteiger partial charge in [-0.15, -0.1) is 0 Å². The average molecular weight is 391 g/mol. The molecule has 1 aromatic heterocycles. The summed E-state index contributed by atoms with van der Waals surface area (Å²) in [6.45, 7) is 1.16. The molecular weight excluding hydrogens is 366 g/mol. The highest BCUT2D eigenvalue weighted by Gasteiger charge is 2.30. The van der Waals surface area contributed by atoms with Crippen LogP contribution in [0, 0.1) is 11.8 Å². The van der Waals surface area contributed by atoms with Crippen LogP contribution in [0.25, 0.3) is 11.0 Å². The molecule has 0 aliphatic heterocycles. The molecule has 0 radical (unpaired) electrons. The zero-order valence-corrected chi connectivity index (χ0v) is 16.3. The number of carbonyl (C=O) groups excluding carboxylic acids is 1. The summed E-state index contributed by atoms with van der Waals surface area (Å²) < 4.78 is 2.11. The topological polar surface area (TPSA) is 84.2 Å². The first-order valence-corrected chi connectivity index (χ1v) is 10.1. The number of carboxylic acids is 1. The number of fused-ring (bicyclic) bond motifs is 1. The minimum Gasteiger partial charge on any atom is -0.481 e. The summed E-state index contributed by atoms with van der Waals surface area (Å²) >= 11 is 0. The third kappa shape index (κ3) is 4.47. The van der Waals surface area contributed by atoms with Gasteiger partial charge in [-0.25, -0.2) is 4.98 Å². The molecule has 150 valence electrons. The third-order valence-corrected chi connectivity index (χ3v) is 5.73. The lowest BCUT2D eigenvalue weighted by atomic mass is 9.81. The Labute approximate surface area is 169 Å². The van der Waals surface area contributed by atoms with Gasteiger partial charge in [0.25, 0.3) is 0 Å². The van der Waals surface area contributed by atoms with Crippen LogP contribution in [-0.2, 0) is 22.7 Å². The number of hydrogen-bond donors (Lipinski definition) is 2. The van der Waals surface area contributed by atoms with Crippen molar-refractivity contribution in [3.05, 3.63) is 66.0 Å². The highest BCUT2D eigenvalue weighted by molar-refractivity contribution is 5.80. The molecule has 29 heavy (non-hydrogen) atoms. The highest BCUT2D eigenvalue weighted by Crippen LogP contribution is 2.29. The fraction of sp³-hybridized carbons (Fsp3) is 0.348. The largest absolute Gasteiger partial charge is 0.481 e. The van der Waals surface area contributed by atoms with Gasteiger partial charge in [-0.05, 0) is 42.5 Å². The molecule has 2 aromatic carbocycles. The van der Waals surface area contributed by atoms with E-state index in [4.69, 9.17) is 0 Å². The Morgan fingerprint density at radius 3 is 2.72 bits per heavy atom. The first-order valence-electron chi connectivity index (χ1n) is 10.1. The maximum atomic E-state index is 12.5. The van der Waals surface area contributed by atoms with Crippen LogP contribution < -0.4 is 5.32 Å². The van der Waals surface area contributed by atoms with E-state index >= 15 is 0 Å². The monoisotopic (exact) mass is 391 g/mol. The number of rotatable bonds is 6. The van der Waals surface area contributed by atoms with Crippen LogP contribution in [0.4, 0.5) is 0 Å². The number of para-hydroxylation sites is 2. The van der Waals surface area contributed by atoms with Crippen LogP contribution in [0.5, 0.6) is 0 Å². The van der Waals surface area contributed by atoms with Gasteiger partial charge in [-0.1, -0.05) is 42.8 Å². The van der Waals surface area contributed by atoms with Crippen LogP contribution in [-0.4, -0.2) is 26.5 Å². The van der Waals surface area contributed by atoms with E-state index in [1.165, 1.54) is 0 Å². The van der Waals surface area contributed by atoms with Gasteiger partial charge in [-0.3, -0.25) is 9.59 Å². The molecule has 0 bridgehead atoms. The van der Waals surface area contributed by atoms with Gasteiger partial charge < -0.3 is 15.0 Å². The Balaban J connectivity index is 1.38. The van der Waals surface area contributed by atoms with Crippen LogP contribution in [0.15, 0.2) is 54.9 Å². The quantitative estimate of drug-likeness (QED) is 0.673. The fourth-order valence-electron chi connectivity index (χ4n) is 4.16. The second-order valence-electron chi connectivity index (χ2n) is 7.80. The number of benzene rings is 2. The van der Waals surface area contributed by atoms with E-state index < -0.39 is 11.9 Å². The lowest BCUT2D eigenvalue weighted by Gasteiger charge is -2.25. The summed E-state index contributed by atoms with van der Waals surface area (Å²) in [5.74, 6) is -1.43. The van der Waals surface area contributed by atoms with Gasteiger partial charge >= 0.3 is 5.97 Å². The Kier molecular flexibility index (Phi) is 5.60. The summed E-state index contributed by atoms with van der Waals surface area (Å²) in [6, 6.07) is 16.2. The first kappa shape index (κ1) is 19.2. The number of hydrogen-bond acceptors (Lipinski definition) is 3. The summed E-state index contributed by atoms with van der Waals surface area (Å²) in [5, 5.41) is 12.2. The Morgan fingerprint density at radius 1 is 1.07 bits per heavy atom. The summed E-state index contributed by atoms with van der Waals surface area (Å²) in [7, 11) is 0. The number of nitrogens with one attached hydrogen (secondary N) is 1. The Hall–Kier alpha value is -3.15. The molecule has 0 spiro atoms. The van der Waals surface area contributed by atoms with Crippen molar-refractivity contribution in [2.24, 2.45) is 11.8 Å². The highest BCUT2D eigenvalue weighted by atomic mass is 16.4. The number of nitrogens with zero attached hydrogens (tertiary/aromatic N) is 2. The van der Waals surface area contributed by atoms with E-state index in [2.05, 4.69) is 33.1 Å². The molecule has 1 saturated carbocycles. The molecule has 1 fully saturated rings. The molecular formula is C23H25N3O3. The molecule has 6 nitrogen and oxygen atoms in total. The normalized spacial score (nSPS) is 19.2. The lowest BCUT2D eigenvalue weighted by Crippen LogP contribution is -2.35. The van der Waals surface area contributed by atoms with Crippen molar-refractivity contribution >= 4 is 22.9 Å². The molecule has 4 rings (SSSR count). The molecule has 3 aromatic rings. The van der Waals surface area contributed by atoms with Crippen molar-refractivity contribution in [1.82, 2.24) is 14.9 Å². The van der Waals surface area contributed by atoms with E-state index in [0.717, 1.165) is 35.0 Å². The van der Waals surface area contributed by atoms with E-state index in [1.807, 2.05) is 36.7 Å².